The lowest BCUT2D eigenvalue weighted by atomic mass is 9.62. The molecule has 1 aliphatic heterocycles. The van der Waals surface area contributed by atoms with Crippen LogP contribution >= 0.6 is 0 Å². The van der Waals surface area contributed by atoms with Crippen LogP contribution in [0.1, 0.15) is 45.6 Å². The molecule has 2 aromatic rings. The Balaban J connectivity index is 1.56. The maximum Gasteiger partial charge on any atom is 0.322 e. The summed E-state index contributed by atoms with van der Waals surface area (Å²) in [5, 5.41) is 3.06. The van der Waals surface area contributed by atoms with Gasteiger partial charge in [-0.2, -0.15) is 0 Å². The van der Waals surface area contributed by atoms with Gasteiger partial charge in [-0.05, 0) is 63.6 Å². The summed E-state index contributed by atoms with van der Waals surface area (Å²) in [5.41, 5.74) is 2.15. The molecule has 2 heterocycles. The Labute approximate surface area is 176 Å². The zero-order chi connectivity index (χ0) is 21.5. The van der Waals surface area contributed by atoms with Crippen molar-refractivity contribution < 1.29 is 13.9 Å². The van der Waals surface area contributed by atoms with E-state index in [1.54, 1.807) is 0 Å². The van der Waals surface area contributed by atoms with E-state index in [9.17, 15) is 9.18 Å². The van der Waals surface area contributed by atoms with Gasteiger partial charge in [-0.1, -0.05) is 13.0 Å². The van der Waals surface area contributed by atoms with Gasteiger partial charge in [0.15, 0.2) is 11.6 Å². The van der Waals surface area contributed by atoms with Crippen molar-refractivity contribution in [3.63, 3.8) is 0 Å². The van der Waals surface area contributed by atoms with E-state index in [1.165, 1.54) is 0 Å². The number of fused-ring (bicyclic) bond motifs is 2. The number of carbonyl (C=O) groups excluding carboxylic acids is 1. The van der Waals surface area contributed by atoms with E-state index in [1.807, 2.05) is 36.9 Å². The number of urea groups is 1. The Morgan fingerprint density at radius 2 is 2.10 bits per heavy atom. The molecule has 2 amide bonds. The number of piperidine rings is 1. The molecule has 2 aliphatic rings. The number of nitrogens with zero attached hydrogens (tertiary/aromatic N) is 3. The topological polar surface area (TPSA) is 67.3 Å². The fraction of sp³-hybridized carbons (Fsp3) is 0.522. The normalized spacial score (nSPS) is 26.1. The highest BCUT2D eigenvalue weighted by atomic mass is 19.1. The van der Waals surface area contributed by atoms with Crippen LogP contribution < -0.4 is 5.32 Å². The second-order valence-corrected chi connectivity index (χ2v) is 8.66. The van der Waals surface area contributed by atoms with Gasteiger partial charge in [0, 0.05) is 23.9 Å². The number of aryl methyl sites for hydroxylation is 1. The van der Waals surface area contributed by atoms with Gasteiger partial charge in [-0.15, -0.1) is 0 Å². The van der Waals surface area contributed by atoms with Crippen LogP contribution in [-0.4, -0.2) is 45.2 Å². The lowest BCUT2D eigenvalue weighted by molar-refractivity contribution is -0.162. The summed E-state index contributed by atoms with van der Waals surface area (Å²) in [6.07, 6.45) is 5.27. The smallest absolute Gasteiger partial charge is 0.322 e. The maximum atomic E-state index is 13.3. The van der Waals surface area contributed by atoms with Gasteiger partial charge in [-0.3, -0.25) is 0 Å². The average Bonchev–Trinajstić information content (AvgIpc) is 2.69. The van der Waals surface area contributed by atoms with Crippen molar-refractivity contribution in [2.75, 3.05) is 11.9 Å². The van der Waals surface area contributed by atoms with Crippen LogP contribution in [0.2, 0.25) is 0 Å². The summed E-state index contributed by atoms with van der Waals surface area (Å²) in [4.78, 5) is 23.4. The zero-order valence-corrected chi connectivity index (χ0v) is 18.0. The molecule has 1 saturated carbocycles. The summed E-state index contributed by atoms with van der Waals surface area (Å²) in [6, 6.07) is 5.78. The lowest BCUT2D eigenvalue weighted by Gasteiger charge is -2.65. The van der Waals surface area contributed by atoms with Crippen molar-refractivity contribution in [1.82, 2.24) is 14.9 Å². The minimum atomic E-state index is -0.479. The molecule has 1 aromatic heterocycles. The number of hydrogen-bond acceptors (Lipinski definition) is 4. The van der Waals surface area contributed by atoms with Crippen molar-refractivity contribution >= 4 is 11.7 Å². The Kier molecular flexibility index (Phi) is 5.49. The fourth-order valence-electron chi connectivity index (χ4n) is 5.25. The molecule has 4 rings (SSSR count). The van der Waals surface area contributed by atoms with Crippen LogP contribution in [-0.2, 0) is 4.74 Å². The second-order valence-electron chi connectivity index (χ2n) is 8.66. The highest BCUT2D eigenvalue weighted by Gasteiger charge is 2.61. The number of amides is 2. The summed E-state index contributed by atoms with van der Waals surface area (Å²) < 4.78 is 19.1. The van der Waals surface area contributed by atoms with Crippen LogP contribution in [0.25, 0.3) is 11.4 Å². The number of benzene rings is 1. The first kappa shape index (κ1) is 20.7. The lowest BCUT2D eigenvalue weighted by Crippen LogP contribution is -2.76. The number of hydrogen-bond donors (Lipinski definition) is 1. The Bertz CT molecular complexity index is 935. The summed E-state index contributed by atoms with van der Waals surface area (Å²) in [6.45, 7) is 8.90. The van der Waals surface area contributed by atoms with Gasteiger partial charge in [0.05, 0.1) is 24.0 Å². The monoisotopic (exact) mass is 412 g/mol. The van der Waals surface area contributed by atoms with Gasteiger partial charge in [0.2, 0.25) is 0 Å². The molecule has 7 heteroatoms. The fourth-order valence-corrected chi connectivity index (χ4v) is 5.25. The molecule has 2 bridgehead atoms. The van der Waals surface area contributed by atoms with Crippen LogP contribution in [0.3, 0.4) is 0 Å². The Morgan fingerprint density at radius 1 is 1.37 bits per heavy atom. The maximum absolute atomic E-state index is 13.3. The predicted octanol–water partition coefficient (Wildman–Crippen LogP) is 4.79. The van der Waals surface area contributed by atoms with Crippen LogP contribution in [0.5, 0.6) is 0 Å². The minimum Gasteiger partial charge on any atom is -0.376 e. The number of halogens is 1. The number of likely N-dealkylation sites (tertiary alicyclic amines) is 1. The van der Waals surface area contributed by atoms with Crippen molar-refractivity contribution in [3.8, 4) is 11.4 Å². The number of nitrogens with one attached hydrogen (secondary N) is 1. The van der Waals surface area contributed by atoms with Gasteiger partial charge in [0.1, 0.15) is 0 Å². The SMILES string of the molecule is CCO[C@H](C)[C@]12C[C@H](C)C[C@H](C1)N2C(=O)Nc1ccc(C)c(-c2ncc(F)cn2)c1. The van der Waals surface area contributed by atoms with Crippen LogP contribution in [0, 0.1) is 18.7 Å². The van der Waals surface area contributed by atoms with E-state index in [0.29, 0.717) is 24.0 Å². The molecule has 160 valence electrons. The molecule has 4 atom stereocenters. The van der Waals surface area contributed by atoms with Crippen LogP contribution in [0.4, 0.5) is 14.9 Å². The molecule has 1 aromatic carbocycles. The predicted molar refractivity (Wildman–Crippen MR) is 114 cm³/mol. The van der Waals surface area contributed by atoms with Crippen molar-refractivity contribution in [2.24, 2.45) is 5.92 Å². The Hall–Kier alpha value is -2.54. The molecule has 0 radical (unpaired) electrons. The summed E-state index contributed by atoms with van der Waals surface area (Å²) in [5.74, 6) is 0.534. The van der Waals surface area contributed by atoms with Crippen molar-refractivity contribution in [3.05, 3.63) is 42.0 Å². The van der Waals surface area contributed by atoms with E-state index >= 15 is 0 Å². The second kappa shape index (κ2) is 7.95. The van der Waals surface area contributed by atoms with Crippen LogP contribution in [0.15, 0.2) is 30.6 Å². The largest absolute Gasteiger partial charge is 0.376 e. The molecule has 1 N–H and O–H groups in total. The number of rotatable bonds is 5. The summed E-state index contributed by atoms with van der Waals surface area (Å²) in [7, 11) is 0. The zero-order valence-electron chi connectivity index (χ0n) is 18.0. The number of ether oxygens (including phenoxy) is 1. The molecular weight excluding hydrogens is 383 g/mol. The third-order valence-corrected chi connectivity index (χ3v) is 6.55. The molecular formula is C23H29FN4O2. The molecule has 0 unspecified atom stereocenters. The van der Waals surface area contributed by atoms with E-state index in [4.69, 9.17) is 4.74 Å². The molecule has 0 spiro atoms. The summed E-state index contributed by atoms with van der Waals surface area (Å²) >= 11 is 0. The first-order chi connectivity index (χ1) is 14.3. The third kappa shape index (κ3) is 3.55. The van der Waals surface area contributed by atoms with Gasteiger partial charge in [0.25, 0.3) is 0 Å². The van der Waals surface area contributed by atoms with Crippen molar-refractivity contribution in [1.29, 1.82) is 0 Å². The van der Waals surface area contributed by atoms with E-state index in [2.05, 4.69) is 29.1 Å². The van der Waals surface area contributed by atoms with E-state index in [0.717, 1.165) is 42.8 Å². The molecule has 30 heavy (non-hydrogen) atoms. The molecule has 1 aliphatic carbocycles. The molecule has 6 nitrogen and oxygen atoms in total. The standard InChI is InChI=1S/C23H29FN4O2/c1-5-30-16(4)23-10-14(2)8-19(11-23)28(23)22(29)27-18-7-6-15(3)20(9-18)21-25-12-17(24)13-26-21/h6-7,9,12-14,16,19H,5,8,10-11H2,1-4H3,(H,27,29)/t14-,16-,19-,23+/m1/s1. The third-order valence-electron chi connectivity index (χ3n) is 6.55. The molecule has 2 fully saturated rings. The minimum absolute atomic E-state index is 0.00607. The highest BCUT2D eigenvalue weighted by Crippen LogP contribution is 2.52. The first-order valence-electron chi connectivity index (χ1n) is 10.6. The van der Waals surface area contributed by atoms with E-state index in [-0.39, 0.29) is 23.7 Å². The Morgan fingerprint density at radius 3 is 2.80 bits per heavy atom. The molecule has 1 saturated heterocycles. The number of anilines is 1. The number of aromatic nitrogens is 2. The quantitative estimate of drug-likeness (QED) is 0.767. The van der Waals surface area contributed by atoms with Gasteiger partial charge in [-0.25, -0.2) is 19.2 Å². The highest BCUT2D eigenvalue weighted by molar-refractivity contribution is 5.92. The van der Waals surface area contributed by atoms with E-state index < -0.39 is 5.82 Å². The average molecular weight is 413 g/mol. The first-order valence-corrected chi connectivity index (χ1v) is 10.6. The number of carbonyl (C=O) groups is 1. The van der Waals surface area contributed by atoms with Gasteiger partial charge >= 0.3 is 6.03 Å². The van der Waals surface area contributed by atoms with Crippen molar-refractivity contribution in [2.45, 2.75) is 64.6 Å². The van der Waals surface area contributed by atoms with Gasteiger partial charge < -0.3 is 15.0 Å².